The molecular formula is C50H39N3S. The first-order chi connectivity index (χ1) is 26.7. The Hall–Kier alpha value is -5.97. The van der Waals surface area contributed by atoms with Gasteiger partial charge in [-0.1, -0.05) is 134 Å². The summed E-state index contributed by atoms with van der Waals surface area (Å²) in [5, 5.41) is 3.50. The molecule has 10 rings (SSSR count). The van der Waals surface area contributed by atoms with Gasteiger partial charge in [-0.05, 0) is 105 Å². The Labute approximate surface area is 321 Å². The predicted octanol–water partition coefficient (Wildman–Crippen LogP) is 11.9. The highest BCUT2D eigenvalue weighted by molar-refractivity contribution is 8.00. The lowest BCUT2D eigenvalue weighted by molar-refractivity contribution is 0.454. The van der Waals surface area contributed by atoms with Crippen LogP contribution in [0.5, 0.6) is 0 Å². The summed E-state index contributed by atoms with van der Waals surface area (Å²) >= 11 is 1.93. The Kier molecular flexibility index (Phi) is 8.14. The zero-order valence-corrected chi connectivity index (χ0v) is 30.8. The van der Waals surface area contributed by atoms with E-state index in [1.165, 1.54) is 60.5 Å². The monoisotopic (exact) mass is 713 g/mol. The van der Waals surface area contributed by atoms with Crippen molar-refractivity contribution in [2.45, 2.75) is 34.9 Å². The van der Waals surface area contributed by atoms with Crippen LogP contribution in [0, 0.1) is 5.92 Å². The second kappa shape index (κ2) is 13.5. The maximum Gasteiger partial charge on any atom is 0.156 e. The number of benzene rings is 5. The molecule has 4 heteroatoms. The third-order valence-corrected chi connectivity index (χ3v) is 12.9. The molecule has 0 fully saturated rings. The van der Waals surface area contributed by atoms with Crippen molar-refractivity contribution in [1.29, 1.82) is 0 Å². The fraction of sp³-hybridized carbons (Fsp3) is 0.120. The van der Waals surface area contributed by atoms with Crippen LogP contribution in [-0.2, 0) is 12.0 Å². The van der Waals surface area contributed by atoms with Crippen LogP contribution < -0.4 is 5.32 Å². The lowest BCUT2D eigenvalue weighted by Crippen LogP contribution is -2.43. The van der Waals surface area contributed by atoms with Crippen molar-refractivity contribution in [2.24, 2.45) is 5.92 Å². The molecule has 6 aromatic rings. The SMILES string of the molecule is C=CC1Sc2ccc(-c3cccc4c3C=CNC4)cc2C2(c3ccccc3-c3ccccc32)C1/C=C/c1cc(-c2ccccc2)nc(C2=CC=CCC2)n1. The molecule has 3 heterocycles. The Morgan fingerprint density at radius 3 is 2.31 bits per heavy atom. The lowest BCUT2D eigenvalue weighted by atomic mass is 9.62. The quantitative estimate of drug-likeness (QED) is 0.174. The Balaban J connectivity index is 1.20. The summed E-state index contributed by atoms with van der Waals surface area (Å²) in [5.41, 5.74) is 15.4. The number of thioether (sulfide) groups is 1. The number of hydrogen-bond acceptors (Lipinski definition) is 4. The average molecular weight is 714 g/mol. The number of allylic oxidation sites excluding steroid dienone is 5. The van der Waals surface area contributed by atoms with Crippen molar-refractivity contribution in [3.05, 3.63) is 204 Å². The molecule has 0 bridgehead atoms. The van der Waals surface area contributed by atoms with E-state index in [4.69, 9.17) is 9.97 Å². The van der Waals surface area contributed by atoms with Gasteiger partial charge in [0.25, 0.3) is 0 Å². The van der Waals surface area contributed by atoms with Crippen molar-refractivity contribution < 1.29 is 0 Å². The molecule has 3 nitrogen and oxygen atoms in total. The van der Waals surface area contributed by atoms with Gasteiger partial charge in [-0.15, -0.1) is 18.3 Å². The number of nitrogens with zero attached hydrogens (tertiary/aromatic N) is 2. The van der Waals surface area contributed by atoms with Gasteiger partial charge in [-0.2, -0.15) is 0 Å². The molecule has 0 amide bonds. The molecule has 54 heavy (non-hydrogen) atoms. The zero-order chi connectivity index (χ0) is 36.1. The van der Waals surface area contributed by atoms with Crippen molar-refractivity contribution in [1.82, 2.24) is 15.3 Å². The number of rotatable bonds is 6. The van der Waals surface area contributed by atoms with Gasteiger partial charge in [-0.25, -0.2) is 9.97 Å². The third-order valence-electron chi connectivity index (χ3n) is 11.5. The van der Waals surface area contributed by atoms with Crippen LogP contribution in [-0.4, -0.2) is 15.2 Å². The van der Waals surface area contributed by atoms with Crippen LogP contribution in [0.25, 0.3) is 51.2 Å². The first-order valence-electron chi connectivity index (χ1n) is 18.9. The normalized spacial score (nSPS) is 18.7. The van der Waals surface area contributed by atoms with Crippen LogP contribution in [0.1, 0.15) is 52.2 Å². The molecule has 260 valence electrons. The van der Waals surface area contributed by atoms with E-state index < -0.39 is 5.41 Å². The van der Waals surface area contributed by atoms with E-state index >= 15 is 0 Å². The van der Waals surface area contributed by atoms with Crippen molar-refractivity contribution in [3.63, 3.8) is 0 Å². The first kappa shape index (κ1) is 32.7. The van der Waals surface area contributed by atoms with E-state index in [9.17, 15) is 0 Å². The Bertz CT molecular complexity index is 2530. The van der Waals surface area contributed by atoms with E-state index in [-0.39, 0.29) is 11.2 Å². The molecule has 0 saturated heterocycles. The van der Waals surface area contributed by atoms with Gasteiger partial charge in [0.2, 0.25) is 0 Å². The maximum absolute atomic E-state index is 5.22. The zero-order valence-electron chi connectivity index (χ0n) is 30.0. The van der Waals surface area contributed by atoms with Crippen molar-refractivity contribution >= 4 is 29.5 Å². The van der Waals surface area contributed by atoms with Gasteiger partial charge in [-0.3, -0.25) is 0 Å². The van der Waals surface area contributed by atoms with Crippen LogP contribution >= 0.6 is 11.8 Å². The number of fused-ring (bicyclic) bond motifs is 8. The van der Waals surface area contributed by atoms with Crippen molar-refractivity contribution in [2.75, 3.05) is 0 Å². The average Bonchev–Trinajstić information content (AvgIpc) is 3.54. The van der Waals surface area contributed by atoms with Gasteiger partial charge in [0.1, 0.15) is 0 Å². The molecule has 1 N–H and O–H groups in total. The molecule has 0 saturated carbocycles. The Morgan fingerprint density at radius 1 is 0.759 bits per heavy atom. The summed E-state index contributed by atoms with van der Waals surface area (Å²) in [6.45, 7) is 5.30. The minimum Gasteiger partial charge on any atom is -0.387 e. The summed E-state index contributed by atoms with van der Waals surface area (Å²) in [6.07, 6.45) is 19.6. The van der Waals surface area contributed by atoms with Gasteiger partial charge < -0.3 is 5.32 Å². The third kappa shape index (κ3) is 5.27. The van der Waals surface area contributed by atoms with Crippen molar-refractivity contribution in [3.8, 4) is 33.5 Å². The van der Waals surface area contributed by atoms with E-state index in [0.717, 1.165) is 42.2 Å². The fourth-order valence-electron chi connectivity index (χ4n) is 9.09. The van der Waals surface area contributed by atoms with Crippen LogP contribution in [0.3, 0.4) is 0 Å². The van der Waals surface area contributed by atoms with E-state index in [1.807, 2.05) is 11.8 Å². The summed E-state index contributed by atoms with van der Waals surface area (Å²) in [4.78, 5) is 11.6. The number of aromatic nitrogens is 2. The largest absolute Gasteiger partial charge is 0.387 e. The van der Waals surface area contributed by atoms with E-state index in [0.29, 0.717) is 0 Å². The predicted molar refractivity (Wildman–Crippen MR) is 226 cm³/mol. The molecular weight excluding hydrogens is 675 g/mol. The number of hydrogen-bond donors (Lipinski definition) is 1. The standard InChI is InChI=1S/C50H39N3S/c1-2-47-44(26-25-37-31-46(33-14-5-3-6-15-33)53-49(52-37)34-16-7-4-8-17-34)50(42-22-11-9-19-40(42)41-20-10-12-23-43(41)50)45-30-35(24-27-48(45)54-47)38-21-13-18-36-32-51-29-28-39(36)38/h2-7,9-16,18-31,44,47,51H,1,8,17,32H2/b26-25+. The summed E-state index contributed by atoms with van der Waals surface area (Å²) in [6, 6.07) is 44.6. The summed E-state index contributed by atoms with van der Waals surface area (Å²) in [5.74, 6) is 0.840. The number of nitrogens with one attached hydrogen (secondary N) is 1. The molecule has 2 aliphatic heterocycles. The van der Waals surface area contributed by atoms with E-state index in [2.05, 4.69) is 182 Å². The lowest BCUT2D eigenvalue weighted by Gasteiger charge is -2.47. The fourth-order valence-corrected chi connectivity index (χ4v) is 10.4. The van der Waals surface area contributed by atoms with Gasteiger partial charge in [0.15, 0.2) is 5.82 Å². The summed E-state index contributed by atoms with van der Waals surface area (Å²) < 4.78 is 0. The van der Waals surface area contributed by atoms with Crippen LogP contribution in [0.2, 0.25) is 0 Å². The Morgan fingerprint density at radius 2 is 1.54 bits per heavy atom. The highest BCUT2D eigenvalue weighted by Crippen LogP contribution is 2.63. The highest BCUT2D eigenvalue weighted by atomic mass is 32.2. The molecule has 2 unspecified atom stereocenters. The second-order valence-corrected chi connectivity index (χ2v) is 15.7. The van der Waals surface area contributed by atoms with Gasteiger partial charge in [0, 0.05) is 28.2 Å². The molecule has 1 spiro atoms. The smallest absolute Gasteiger partial charge is 0.156 e. The molecule has 4 aliphatic rings. The van der Waals surface area contributed by atoms with Crippen LogP contribution in [0.15, 0.2) is 169 Å². The van der Waals surface area contributed by atoms with Gasteiger partial charge >= 0.3 is 0 Å². The first-order valence-corrected chi connectivity index (χ1v) is 19.7. The van der Waals surface area contributed by atoms with Crippen LogP contribution in [0.4, 0.5) is 0 Å². The highest BCUT2D eigenvalue weighted by Gasteiger charge is 2.54. The second-order valence-electron chi connectivity index (χ2n) is 14.4. The van der Waals surface area contributed by atoms with Gasteiger partial charge in [0.05, 0.1) is 16.8 Å². The minimum atomic E-state index is -0.458. The molecule has 5 aromatic carbocycles. The molecule has 2 aliphatic carbocycles. The summed E-state index contributed by atoms with van der Waals surface area (Å²) in [7, 11) is 0. The molecule has 2 atom stereocenters. The maximum atomic E-state index is 5.22. The topological polar surface area (TPSA) is 37.8 Å². The minimum absolute atomic E-state index is 0.0387. The van der Waals surface area contributed by atoms with E-state index in [1.54, 1.807) is 0 Å². The molecule has 0 radical (unpaired) electrons. The molecule has 1 aromatic heterocycles.